The van der Waals surface area contributed by atoms with Crippen LogP contribution in [0.25, 0.3) is 0 Å². The molecule has 0 aliphatic rings. The zero-order valence-electron chi connectivity index (χ0n) is 12.4. The van der Waals surface area contributed by atoms with E-state index in [1.807, 2.05) is 6.92 Å². The Morgan fingerprint density at radius 1 is 1.29 bits per heavy atom. The van der Waals surface area contributed by atoms with Crippen molar-refractivity contribution in [2.75, 3.05) is 0 Å². The van der Waals surface area contributed by atoms with Crippen molar-refractivity contribution in [3.05, 3.63) is 39.9 Å². The van der Waals surface area contributed by atoms with Crippen LogP contribution < -0.4 is 4.72 Å². The quantitative estimate of drug-likeness (QED) is 0.431. The standard InChI is InChI=1S/C14H22N2O4S/c1-3-4-5-8-12(2)15-21(19,20)11-13-9-6-7-10-14(13)16(17)18/h6-7,9-10,12,15H,3-5,8,11H2,1-2H3. The van der Waals surface area contributed by atoms with Gasteiger partial charge in [0, 0.05) is 17.7 Å². The average Bonchev–Trinajstić information content (AvgIpc) is 2.38. The van der Waals surface area contributed by atoms with Crippen molar-refractivity contribution < 1.29 is 13.3 Å². The summed E-state index contributed by atoms with van der Waals surface area (Å²) < 4.78 is 26.7. The highest BCUT2D eigenvalue weighted by Crippen LogP contribution is 2.20. The molecule has 7 heteroatoms. The number of nitro groups is 1. The fraction of sp³-hybridized carbons (Fsp3) is 0.571. The minimum atomic E-state index is -3.58. The number of sulfonamides is 1. The van der Waals surface area contributed by atoms with E-state index in [-0.39, 0.29) is 23.0 Å². The smallest absolute Gasteiger partial charge is 0.258 e. The molecule has 0 aliphatic carbocycles. The summed E-state index contributed by atoms with van der Waals surface area (Å²) in [4.78, 5) is 10.3. The van der Waals surface area contributed by atoms with Gasteiger partial charge in [0.25, 0.3) is 5.69 Å². The molecule has 0 amide bonds. The van der Waals surface area contributed by atoms with Crippen LogP contribution in [0.1, 0.15) is 45.1 Å². The van der Waals surface area contributed by atoms with Crippen LogP contribution in [0.2, 0.25) is 0 Å². The normalized spacial score (nSPS) is 13.0. The number of benzene rings is 1. The van der Waals surface area contributed by atoms with Crippen molar-refractivity contribution in [3.63, 3.8) is 0 Å². The van der Waals surface area contributed by atoms with Crippen LogP contribution in [-0.2, 0) is 15.8 Å². The van der Waals surface area contributed by atoms with Gasteiger partial charge in [0.1, 0.15) is 0 Å². The van der Waals surface area contributed by atoms with Crippen LogP contribution in [0.15, 0.2) is 24.3 Å². The van der Waals surface area contributed by atoms with Gasteiger partial charge in [-0.05, 0) is 13.3 Å². The van der Waals surface area contributed by atoms with Crippen molar-refractivity contribution in [3.8, 4) is 0 Å². The van der Waals surface area contributed by atoms with Crippen LogP contribution in [0.4, 0.5) is 5.69 Å². The fourth-order valence-electron chi connectivity index (χ4n) is 2.12. The Hall–Kier alpha value is -1.47. The van der Waals surface area contributed by atoms with Crippen LogP contribution in [-0.4, -0.2) is 19.4 Å². The summed E-state index contributed by atoms with van der Waals surface area (Å²) in [6.45, 7) is 3.90. The molecule has 0 bridgehead atoms. The van der Waals surface area contributed by atoms with Gasteiger partial charge >= 0.3 is 0 Å². The summed E-state index contributed by atoms with van der Waals surface area (Å²) in [7, 11) is -3.58. The molecule has 0 heterocycles. The number of unbranched alkanes of at least 4 members (excludes halogenated alkanes) is 2. The highest BCUT2D eigenvalue weighted by Gasteiger charge is 2.21. The van der Waals surface area contributed by atoms with Gasteiger partial charge < -0.3 is 0 Å². The largest absolute Gasteiger partial charge is 0.273 e. The fourth-order valence-corrected chi connectivity index (χ4v) is 3.59. The van der Waals surface area contributed by atoms with Gasteiger partial charge in [-0.3, -0.25) is 10.1 Å². The number of nitro benzene ring substituents is 1. The van der Waals surface area contributed by atoms with Crippen LogP contribution in [0, 0.1) is 10.1 Å². The third-order valence-electron chi connectivity index (χ3n) is 3.16. The van der Waals surface area contributed by atoms with E-state index in [0.717, 1.165) is 25.7 Å². The first-order valence-electron chi connectivity index (χ1n) is 7.08. The van der Waals surface area contributed by atoms with E-state index in [9.17, 15) is 18.5 Å². The number of para-hydroxylation sites is 1. The first-order chi connectivity index (χ1) is 9.85. The molecule has 1 aromatic carbocycles. The monoisotopic (exact) mass is 314 g/mol. The van der Waals surface area contributed by atoms with Gasteiger partial charge in [0.2, 0.25) is 10.0 Å². The molecule has 1 N–H and O–H groups in total. The van der Waals surface area contributed by atoms with Gasteiger partial charge in [-0.1, -0.05) is 44.4 Å². The van der Waals surface area contributed by atoms with Gasteiger partial charge in [0.05, 0.1) is 10.7 Å². The Bertz CT molecular complexity index is 572. The maximum absolute atomic E-state index is 12.1. The van der Waals surface area contributed by atoms with Crippen molar-refractivity contribution in [2.45, 2.75) is 51.3 Å². The van der Waals surface area contributed by atoms with E-state index >= 15 is 0 Å². The van der Waals surface area contributed by atoms with Crippen molar-refractivity contribution in [1.82, 2.24) is 4.72 Å². The van der Waals surface area contributed by atoms with Gasteiger partial charge in [0.15, 0.2) is 0 Å². The lowest BCUT2D eigenvalue weighted by atomic mass is 10.1. The number of hydrogen-bond acceptors (Lipinski definition) is 4. The summed E-state index contributed by atoms with van der Waals surface area (Å²) in [6.07, 6.45) is 3.88. The number of nitrogens with one attached hydrogen (secondary N) is 1. The highest BCUT2D eigenvalue weighted by molar-refractivity contribution is 7.88. The van der Waals surface area contributed by atoms with Crippen LogP contribution in [0.3, 0.4) is 0 Å². The van der Waals surface area contributed by atoms with Gasteiger partial charge in [-0.15, -0.1) is 0 Å². The lowest BCUT2D eigenvalue weighted by Gasteiger charge is -2.14. The molecule has 1 atom stereocenters. The maximum atomic E-state index is 12.1. The Balaban J connectivity index is 2.70. The summed E-state index contributed by atoms with van der Waals surface area (Å²) in [5.41, 5.74) is 0.0391. The van der Waals surface area contributed by atoms with E-state index in [1.54, 1.807) is 6.07 Å². The second kappa shape index (κ2) is 8.09. The minimum absolute atomic E-state index is 0.163. The Labute approximate surface area is 125 Å². The Kier molecular flexibility index (Phi) is 6.77. The molecule has 1 aromatic rings. The van der Waals surface area contributed by atoms with Crippen molar-refractivity contribution >= 4 is 15.7 Å². The molecule has 0 spiro atoms. The summed E-state index contributed by atoms with van der Waals surface area (Å²) in [6, 6.07) is 5.75. The highest BCUT2D eigenvalue weighted by atomic mass is 32.2. The molecule has 1 rings (SSSR count). The lowest BCUT2D eigenvalue weighted by molar-refractivity contribution is -0.385. The van der Waals surface area contributed by atoms with E-state index < -0.39 is 14.9 Å². The van der Waals surface area contributed by atoms with E-state index in [1.165, 1.54) is 18.2 Å². The molecule has 1 unspecified atom stereocenters. The zero-order valence-corrected chi connectivity index (χ0v) is 13.2. The SMILES string of the molecule is CCCCCC(C)NS(=O)(=O)Cc1ccccc1[N+](=O)[O-]. The molecule has 118 valence electrons. The summed E-state index contributed by atoms with van der Waals surface area (Å²) in [5, 5.41) is 10.9. The predicted molar refractivity (Wildman–Crippen MR) is 82.5 cm³/mol. The zero-order chi connectivity index (χ0) is 15.9. The van der Waals surface area contributed by atoms with Crippen molar-refractivity contribution in [2.24, 2.45) is 0 Å². The van der Waals surface area contributed by atoms with E-state index in [0.29, 0.717) is 0 Å². The number of nitrogens with zero attached hydrogens (tertiary/aromatic N) is 1. The molecular weight excluding hydrogens is 292 g/mol. The predicted octanol–water partition coefficient (Wildman–Crippen LogP) is 2.98. The molecule has 0 saturated heterocycles. The second-order valence-electron chi connectivity index (χ2n) is 5.16. The third-order valence-corrected chi connectivity index (χ3v) is 4.61. The summed E-state index contributed by atoms with van der Waals surface area (Å²) in [5.74, 6) is -0.373. The molecule has 0 fully saturated rings. The molecule has 0 saturated carbocycles. The van der Waals surface area contributed by atoms with Crippen molar-refractivity contribution in [1.29, 1.82) is 0 Å². The Morgan fingerprint density at radius 2 is 1.95 bits per heavy atom. The third kappa shape index (κ3) is 6.22. The molecule has 6 nitrogen and oxygen atoms in total. The number of hydrogen-bond donors (Lipinski definition) is 1. The molecule has 0 aliphatic heterocycles. The second-order valence-corrected chi connectivity index (χ2v) is 6.91. The first kappa shape index (κ1) is 17.6. The molecule has 0 aromatic heterocycles. The minimum Gasteiger partial charge on any atom is -0.258 e. The average molecular weight is 314 g/mol. The molecule has 0 radical (unpaired) electrons. The van der Waals surface area contributed by atoms with E-state index in [2.05, 4.69) is 11.6 Å². The first-order valence-corrected chi connectivity index (χ1v) is 8.73. The van der Waals surface area contributed by atoms with Crippen LogP contribution >= 0.6 is 0 Å². The van der Waals surface area contributed by atoms with Gasteiger partial charge in [-0.2, -0.15) is 0 Å². The van der Waals surface area contributed by atoms with Gasteiger partial charge in [-0.25, -0.2) is 13.1 Å². The molecule has 21 heavy (non-hydrogen) atoms. The maximum Gasteiger partial charge on any atom is 0.273 e. The topological polar surface area (TPSA) is 89.3 Å². The Morgan fingerprint density at radius 3 is 2.57 bits per heavy atom. The van der Waals surface area contributed by atoms with Crippen LogP contribution in [0.5, 0.6) is 0 Å². The number of rotatable bonds is 9. The van der Waals surface area contributed by atoms with E-state index in [4.69, 9.17) is 0 Å². The summed E-state index contributed by atoms with van der Waals surface area (Å²) >= 11 is 0. The molecular formula is C14H22N2O4S. The lowest BCUT2D eigenvalue weighted by Crippen LogP contribution is -2.33.